The summed E-state index contributed by atoms with van der Waals surface area (Å²) >= 11 is 0. The zero-order chi connectivity index (χ0) is 17.9. The summed E-state index contributed by atoms with van der Waals surface area (Å²) < 4.78 is 0. The topological polar surface area (TPSA) is 86.7 Å². The van der Waals surface area contributed by atoms with Crippen LogP contribution in [0.2, 0.25) is 0 Å². The van der Waals surface area contributed by atoms with E-state index < -0.39 is 17.4 Å². The molecule has 0 radical (unpaired) electrons. The molecule has 1 aromatic rings. The Hall–Kier alpha value is -2.37. The molecule has 0 bridgehead atoms. The van der Waals surface area contributed by atoms with Crippen molar-refractivity contribution in [3.05, 3.63) is 35.4 Å². The molecular formula is C18H24N2O4. The Morgan fingerprint density at radius 3 is 2.46 bits per heavy atom. The maximum Gasteiger partial charge on any atom is 0.313 e. The van der Waals surface area contributed by atoms with Gasteiger partial charge >= 0.3 is 5.97 Å². The van der Waals surface area contributed by atoms with Crippen molar-refractivity contribution in [3.63, 3.8) is 0 Å². The van der Waals surface area contributed by atoms with Crippen molar-refractivity contribution in [3.8, 4) is 0 Å². The van der Waals surface area contributed by atoms with Crippen LogP contribution in [0.15, 0.2) is 24.3 Å². The fraction of sp³-hybridized carbons (Fsp3) is 0.500. The Labute approximate surface area is 141 Å². The molecule has 0 aliphatic carbocycles. The minimum atomic E-state index is -1.02. The van der Waals surface area contributed by atoms with Crippen molar-refractivity contribution < 1.29 is 19.5 Å². The summed E-state index contributed by atoms with van der Waals surface area (Å²) in [5.74, 6) is -1.23. The zero-order valence-corrected chi connectivity index (χ0v) is 14.3. The quantitative estimate of drug-likeness (QED) is 0.880. The molecule has 1 unspecified atom stereocenters. The highest BCUT2D eigenvalue weighted by molar-refractivity contribution is 5.98. The smallest absolute Gasteiger partial charge is 0.313 e. The molecule has 1 fully saturated rings. The maximum atomic E-state index is 12.8. The van der Waals surface area contributed by atoms with E-state index >= 15 is 0 Å². The zero-order valence-electron chi connectivity index (χ0n) is 14.3. The number of aliphatic carboxylic acids is 1. The summed E-state index contributed by atoms with van der Waals surface area (Å²) in [5.41, 5.74) is 0.0797. The van der Waals surface area contributed by atoms with Crippen molar-refractivity contribution in [2.75, 3.05) is 13.1 Å². The molecule has 1 aromatic carbocycles. The van der Waals surface area contributed by atoms with E-state index in [0.717, 1.165) is 6.42 Å². The van der Waals surface area contributed by atoms with Crippen LogP contribution < -0.4 is 5.32 Å². The fourth-order valence-electron chi connectivity index (χ4n) is 2.84. The van der Waals surface area contributed by atoms with Crippen LogP contribution in [0.5, 0.6) is 0 Å². The molecule has 1 aliphatic rings. The SMILES string of the molecule is CCC1C(=O)NCCCN1C(=O)c1ccc(C(C)(C)C(=O)O)cc1. The number of carboxylic acid groups (broad SMARTS) is 1. The normalized spacial score (nSPS) is 18.7. The van der Waals surface area contributed by atoms with Crippen LogP contribution >= 0.6 is 0 Å². The molecular weight excluding hydrogens is 308 g/mol. The molecule has 2 rings (SSSR count). The average molecular weight is 332 g/mol. The van der Waals surface area contributed by atoms with Gasteiger partial charge in [-0.25, -0.2) is 0 Å². The van der Waals surface area contributed by atoms with Gasteiger partial charge in [0.1, 0.15) is 6.04 Å². The second kappa shape index (κ2) is 7.03. The van der Waals surface area contributed by atoms with E-state index in [1.807, 2.05) is 6.92 Å². The van der Waals surface area contributed by atoms with Crippen molar-refractivity contribution in [2.45, 2.75) is 45.1 Å². The van der Waals surface area contributed by atoms with Crippen LogP contribution in [-0.4, -0.2) is 46.9 Å². The molecule has 2 amide bonds. The Bertz CT molecular complexity index is 637. The minimum Gasteiger partial charge on any atom is -0.481 e. The predicted octanol–water partition coefficient (Wildman–Crippen LogP) is 1.79. The monoisotopic (exact) mass is 332 g/mol. The van der Waals surface area contributed by atoms with Crippen molar-refractivity contribution in [1.29, 1.82) is 0 Å². The van der Waals surface area contributed by atoms with Gasteiger partial charge in [-0.05, 0) is 44.4 Å². The van der Waals surface area contributed by atoms with Gasteiger partial charge in [0.2, 0.25) is 5.91 Å². The van der Waals surface area contributed by atoms with E-state index in [4.69, 9.17) is 0 Å². The van der Waals surface area contributed by atoms with E-state index in [1.165, 1.54) is 0 Å². The number of rotatable bonds is 4. The van der Waals surface area contributed by atoms with E-state index in [0.29, 0.717) is 30.6 Å². The molecule has 6 heteroatoms. The second-order valence-corrected chi connectivity index (χ2v) is 6.57. The third kappa shape index (κ3) is 3.42. The number of nitrogens with one attached hydrogen (secondary N) is 1. The molecule has 0 saturated carbocycles. The minimum absolute atomic E-state index is 0.119. The van der Waals surface area contributed by atoms with Crippen LogP contribution in [0, 0.1) is 0 Å². The summed E-state index contributed by atoms with van der Waals surface area (Å²) in [4.78, 5) is 37.8. The van der Waals surface area contributed by atoms with Gasteiger partial charge in [0.15, 0.2) is 0 Å². The Kier molecular flexibility index (Phi) is 5.26. The molecule has 0 aromatic heterocycles. The lowest BCUT2D eigenvalue weighted by Gasteiger charge is -2.28. The van der Waals surface area contributed by atoms with E-state index in [1.54, 1.807) is 43.0 Å². The van der Waals surface area contributed by atoms with Crippen LogP contribution in [0.4, 0.5) is 0 Å². The number of carboxylic acids is 1. The first-order valence-corrected chi connectivity index (χ1v) is 8.21. The summed E-state index contributed by atoms with van der Waals surface area (Å²) in [7, 11) is 0. The molecule has 24 heavy (non-hydrogen) atoms. The molecule has 2 N–H and O–H groups in total. The van der Waals surface area contributed by atoms with Gasteiger partial charge in [-0.3, -0.25) is 14.4 Å². The molecule has 130 valence electrons. The number of hydrogen-bond donors (Lipinski definition) is 2. The van der Waals surface area contributed by atoms with Crippen LogP contribution in [0.3, 0.4) is 0 Å². The predicted molar refractivity (Wildman–Crippen MR) is 89.8 cm³/mol. The lowest BCUT2D eigenvalue weighted by atomic mass is 9.84. The Morgan fingerprint density at radius 1 is 1.29 bits per heavy atom. The van der Waals surface area contributed by atoms with Gasteiger partial charge in [0.25, 0.3) is 5.91 Å². The molecule has 1 heterocycles. The first-order chi connectivity index (χ1) is 11.3. The van der Waals surface area contributed by atoms with Gasteiger partial charge in [-0.15, -0.1) is 0 Å². The standard InChI is InChI=1S/C18H24N2O4/c1-4-14-15(21)19-10-5-11-20(14)16(22)12-6-8-13(9-7-12)18(2,3)17(23)24/h6-9,14H,4-5,10-11H2,1-3H3,(H,19,21)(H,23,24). The van der Waals surface area contributed by atoms with Crippen LogP contribution in [0.25, 0.3) is 0 Å². The van der Waals surface area contributed by atoms with Crippen molar-refractivity contribution >= 4 is 17.8 Å². The highest BCUT2D eigenvalue weighted by atomic mass is 16.4. The Morgan fingerprint density at radius 2 is 1.92 bits per heavy atom. The molecule has 1 aliphatic heterocycles. The number of nitrogens with zero attached hydrogens (tertiary/aromatic N) is 1. The molecule has 0 spiro atoms. The van der Waals surface area contributed by atoms with E-state index in [2.05, 4.69) is 5.32 Å². The lowest BCUT2D eigenvalue weighted by Crippen LogP contribution is -2.46. The Balaban J connectivity index is 2.26. The second-order valence-electron chi connectivity index (χ2n) is 6.57. The number of carbonyl (C=O) groups is 3. The van der Waals surface area contributed by atoms with Gasteiger partial charge in [0, 0.05) is 18.7 Å². The summed E-state index contributed by atoms with van der Waals surface area (Å²) in [5, 5.41) is 12.1. The summed E-state index contributed by atoms with van der Waals surface area (Å²) in [6, 6.07) is 6.14. The molecule has 6 nitrogen and oxygen atoms in total. The average Bonchev–Trinajstić information content (AvgIpc) is 2.75. The largest absolute Gasteiger partial charge is 0.481 e. The lowest BCUT2D eigenvalue weighted by molar-refractivity contribution is -0.142. The molecule has 1 atom stereocenters. The maximum absolute atomic E-state index is 12.8. The number of amides is 2. The third-order valence-electron chi connectivity index (χ3n) is 4.59. The highest BCUT2D eigenvalue weighted by Gasteiger charge is 2.32. The number of benzene rings is 1. The van der Waals surface area contributed by atoms with E-state index in [-0.39, 0.29) is 11.8 Å². The van der Waals surface area contributed by atoms with Crippen molar-refractivity contribution in [1.82, 2.24) is 10.2 Å². The summed E-state index contributed by atoms with van der Waals surface area (Å²) in [6.07, 6.45) is 1.28. The molecule has 1 saturated heterocycles. The first kappa shape index (κ1) is 18.0. The van der Waals surface area contributed by atoms with E-state index in [9.17, 15) is 19.5 Å². The van der Waals surface area contributed by atoms with Gasteiger partial charge in [-0.1, -0.05) is 19.1 Å². The van der Waals surface area contributed by atoms with Gasteiger partial charge in [0.05, 0.1) is 5.41 Å². The first-order valence-electron chi connectivity index (χ1n) is 8.21. The van der Waals surface area contributed by atoms with Crippen LogP contribution in [-0.2, 0) is 15.0 Å². The van der Waals surface area contributed by atoms with Gasteiger partial charge < -0.3 is 15.3 Å². The van der Waals surface area contributed by atoms with Crippen LogP contribution in [0.1, 0.15) is 49.5 Å². The van der Waals surface area contributed by atoms with Gasteiger partial charge in [-0.2, -0.15) is 0 Å². The highest BCUT2D eigenvalue weighted by Crippen LogP contribution is 2.24. The third-order valence-corrected chi connectivity index (χ3v) is 4.59. The summed E-state index contributed by atoms with van der Waals surface area (Å²) in [6.45, 7) is 6.23. The van der Waals surface area contributed by atoms with Crippen molar-refractivity contribution in [2.24, 2.45) is 0 Å². The number of hydrogen-bond acceptors (Lipinski definition) is 3. The number of carbonyl (C=O) groups excluding carboxylic acids is 2. The fourth-order valence-corrected chi connectivity index (χ4v) is 2.84.